The Balaban J connectivity index is 2.27. The summed E-state index contributed by atoms with van der Waals surface area (Å²) in [5, 5.41) is 0. The highest BCUT2D eigenvalue weighted by Crippen LogP contribution is 2.37. The van der Waals surface area contributed by atoms with Crippen molar-refractivity contribution < 1.29 is 30.4 Å². The average Bonchev–Trinajstić information content (AvgIpc) is 2.99. The maximum atomic E-state index is 14.2. The molecule has 3 rings (SSSR count). The fourth-order valence-electron chi connectivity index (χ4n) is 2.70. The molecule has 4 nitrogen and oxygen atoms in total. The number of aromatic amines is 1. The van der Waals surface area contributed by atoms with Crippen molar-refractivity contribution in [2.45, 2.75) is 18.0 Å². The van der Waals surface area contributed by atoms with E-state index in [0.29, 0.717) is 24.0 Å². The average molecular weight is 416 g/mol. The molecule has 0 aliphatic heterocycles. The van der Waals surface area contributed by atoms with Crippen LogP contribution in [0.25, 0.3) is 22.5 Å². The summed E-state index contributed by atoms with van der Waals surface area (Å²) >= 11 is 0. The predicted octanol–water partition coefficient (Wildman–Crippen LogP) is 4.75. The summed E-state index contributed by atoms with van der Waals surface area (Å²) in [6, 6.07) is 7.66. The van der Waals surface area contributed by atoms with Crippen LogP contribution < -0.4 is 0 Å². The van der Waals surface area contributed by atoms with E-state index in [9.17, 15) is 30.4 Å². The van der Waals surface area contributed by atoms with Crippen LogP contribution in [0, 0.1) is 18.6 Å². The molecule has 28 heavy (non-hydrogen) atoms. The topological polar surface area (TPSA) is 62.8 Å². The van der Waals surface area contributed by atoms with Crippen molar-refractivity contribution in [1.82, 2.24) is 9.97 Å². The third kappa shape index (κ3) is 3.77. The Morgan fingerprint density at radius 2 is 1.50 bits per heavy atom. The van der Waals surface area contributed by atoms with Crippen LogP contribution >= 0.6 is 0 Å². The lowest BCUT2D eigenvalue weighted by molar-refractivity contribution is -0.144. The van der Waals surface area contributed by atoms with Gasteiger partial charge in [-0.3, -0.25) is 0 Å². The molecule has 3 aromatic rings. The van der Waals surface area contributed by atoms with Crippen LogP contribution in [0.5, 0.6) is 0 Å². The number of hydrogen-bond donors (Lipinski definition) is 1. The molecule has 0 radical (unpaired) electrons. The van der Waals surface area contributed by atoms with Gasteiger partial charge in [0.1, 0.15) is 16.5 Å². The fraction of sp³-hybridized carbons (Fsp3) is 0.167. The molecule has 0 aliphatic rings. The van der Waals surface area contributed by atoms with Gasteiger partial charge in [0.25, 0.3) is 0 Å². The monoisotopic (exact) mass is 416 g/mol. The van der Waals surface area contributed by atoms with E-state index < -0.39 is 38.4 Å². The first-order chi connectivity index (χ1) is 12.9. The van der Waals surface area contributed by atoms with E-state index in [1.54, 1.807) is 19.1 Å². The van der Waals surface area contributed by atoms with Gasteiger partial charge in [-0.1, -0.05) is 29.8 Å². The summed E-state index contributed by atoms with van der Waals surface area (Å²) in [6.45, 7) is 1.79. The SMILES string of the molecule is Cc1ccc(-c2[nH]c(C(F)(F)F)nc2-c2cc(F)c(S(C)(=O)=O)c(F)c2)cc1. The second kappa shape index (κ2) is 6.69. The Hall–Kier alpha value is -2.75. The van der Waals surface area contributed by atoms with Crippen LogP contribution in [0.1, 0.15) is 11.4 Å². The minimum Gasteiger partial charge on any atom is -0.334 e. The Bertz CT molecular complexity index is 1130. The van der Waals surface area contributed by atoms with Crippen molar-refractivity contribution in [1.29, 1.82) is 0 Å². The fourth-order valence-corrected chi connectivity index (χ4v) is 3.52. The number of H-pyrrole nitrogens is 1. The number of hydrogen-bond acceptors (Lipinski definition) is 3. The molecule has 0 spiro atoms. The van der Waals surface area contributed by atoms with Crippen LogP contribution in [0.3, 0.4) is 0 Å². The van der Waals surface area contributed by atoms with Crippen molar-refractivity contribution in [2.24, 2.45) is 0 Å². The van der Waals surface area contributed by atoms with Crippen molar-refractivity contribution >= 4 is 9.84 Å². The number of sulfone groups is 1. The van der Waals surface area contributed by atoms with Gasteiger partial charge in [-0.05, 0) is 19.1 Å². The minimum atomic E-state index is -4.82. The first-order valence-corrected chi connectivity index (χ1v) is 9.71. The number of aryl methyl sites for hydroxylation is 1. The molecule has 0 saturated heterocycles. The molecule has 1 N–H and O–H groups in total. The normalized spacial score (nSPS) is 12.4. The quantitative estimate of drug-likeness (QED) is 0.627. The molecule has 10 heteroatoms. The van der Waals surface area contributed by atoms with E-state index in [1.807, 2.05) is 0 Å². The lowest BCUT2D eigenvalue weighted by Gasteiger charge is -2.07. The molecule has 0 saturated carbocycles. The summed E-state index contributed by atoms with van der Waals surface area (Å²) in [6.07, 6.45) is -4.19. The van der Waals surface area contributed by atoms with Crippen molar-refractivity contribution in [3.63, 3.8) is 0 Å². The van der Waals surface area contributed by atoms with E-state index in [4.69, 9.17) is 0 Å². The van der Waals surface area contributed by atoms with Gasteiger partial charge in [0, 0.05) is 17.4 Å². The molecular weight excluding hydrogens is 403 g/mol. The van der Waals surface area contributed by atoms with Crippen LogP contribution in [0.2, 0.25) is 0 Å². The van der Waals surface area contributed by atoms with E-state index >= 15 is 0 Å². The summed E-state index contributed by atoms with van der Waals surface area (Å²) in [7, 11) is -4.21. The van der Waals surface area contributed by atoms with Gasteiger partial charge >= 0.3 is 6.18 Å². The molecular formula is C18H13F5N2O2S. The highest BCUT2D eigenvalue weighted by Gasteiger charge is 2.36. The number of aromatic nitrogens is 2. The Morgan fingerprint density at radius 3 is 1.96 bits per heavy atom. The molecule has 1 heterocycles. The molecule has 0 unspecified atom stereocenters. The molecule has 2 aromatic carbocycles. The highest BCUT2D eigenvalue weighted by molar-refractivity contribution is 7.90. The third-order valence-corrected chi connectivity index (χ3v) is 5.09. The zero-order valence-corrected chi connectivity index (χ0v) is 15.3. The second-order valence-corrected chi connectivity index (χ2v) is 8.17. The van der Waals surface area contributed by atoms with Gasteiger partial charge in [0.05, 0.1) is 11.4 Å². The molecule has 1 aromatic heterocycles. The number of imidazole rings is 1. The smallest absolute Gasteiger partial charge is 0.334 e. The van der Waals surface area contributed by atoms with Crippen molar-refractivity contribution in [3.8, 4) is 22.5 Å². The molecule has 0 amide bonds. The van der Waals surface area contributed by atoms with Gasteiger partial charge < -0.3 is 4.98 Å². The Kier molecular flexibility index (Phi) is 4.78. The summed E-state index contributed by atoms with van der Waals surface area (Å²) < 4.78 is 90.9. The van der Waals surface area contributed by atoms with Crippen molar-refractivity contribution in [2.75, 3.05) is 6.26 Å². The molecule has 0 aliphatic carbocycles. The largest absolute Gasteiger partial charge is 0.449 e. The summed E-state index contributed by atoms with van der Waals surface area (Å²) in [5.74, 6) is -4.17. The number of nitrogens with one attached hydrogen (secondary N) is 1. The van der Waals surface area contributed by atoms with Crippen LogP contribution in [-0.4, -0.2) is 24.6 Å². The zero-order valence-electron chi connectivity index (χ0n) is 14.5. The van der Waals surface area contributed by atoms with Gasteiger partial charge in [-0.15, -0.1) is 0 Å². The van der Waals surface area contributed by atoms with E-state index in [1.165, 1.54) is 12.1 Å². The van der Waals surface area contributed by atoms with Crippen LogP contribution in [-0.2, 0) is 16.0 Å². The van der Waals surface area contributed by atoms with Gasteiger partial charge in [-0.25, -0.2) is 22.2 Å². The maximum absolute atomic E-state index is 14.2. The predicted molar refractivity (Wildman–Crippen MR) is 92.2 cm³/mol. The first-order valence-electron chi connectivity index (χ1n) is 7.81. The zero-order chi connectivity index (χ0) is 20.9. The lowest BCUT2D eigenvalue weighted by Crippen LogP contribution is -2.07. The standard InChI is InChI=1S/C18H13F5N2O2S/c1-9-3-5-10(6-4-9)14-15(25-17(24-14)18(21,22)23)11-7-12(19)16(13(20)8-11)28(2,26)27/h3-8H,1-2H3,(H,24,25). The van der Waals surface area contributed by atoms with Gasteiger partial charge in [0.15, 0.2) is 9.84 Å². The molecule has 148 valence electrons. The van der Waals surface area contributed by atoms with Gasteiger partial charge in [-0.2, -0.15) is 13.2 Å². The van der Waals surface area contributed by atoms with E-state index in [0.717, 1.165) is 5.56 Å². The number of rotatable bonds is 3. The van der Waals surface area contributed by atoms with Crippen LogP contribution in [0.4, 0.5) is 22.0 Å². The molecule has 0 atom stereocenters. The molecule has 0 fully saturated rings. The van der Waals surface area contributed by atoms with E-state index in [-0.39, 0.29) is 17.0 Å². The highest BCUT2D eigenvalue weighted by atomic mass is 32.2. The number of benzene rings is 2. The minimum absolute atomic E-state index is 0.0989. The molecule has 0 bridgehead atoms. The van der Waals surface area contributed by atoms with E-state index in [2.05, 4.69) is 9.97 Å². The maximum Gasteiger partial charge on any atom is 0.449 e. The number of nitrogens with zero attached hydrogens (tertiary/aromatic N) is 1. The van der Waals surface area contributed by atoms with Crippen molar-refractivity contribution in [3.05, 3.63) is 59.4 Å². The lowest BCUT2D eigenvalue weighted by atomic mass is 10.0. The summed E-state index contributed by atoms with van der Waals surface area (Å²) in [4.78, 5) is 4.45. The first kappa shape index (κ1) is 20.0. The number of halogens is 5. The Morgan fingerprint density at radius 1 is 0.964 bits per heavy atom. The second-order valence-electron chi connectivity index (χ2n) is 6.21. The summed E-state index contributed by atoms with van der Waals surface area (Å²) in [5.41, 5.74) is 0.393. The number of alkyl halides is 3. The third-order valence-electron chi connectivity index (χ3n) is 3.96. The Labute approximate surface area is 157 Å². The van der Waals surface area contributed by atoms with Gasteiger partial charge in [0.2, 0.25) is 5.82 Å². The van der Waals surface area contributed by atoms with Crippen LogP contribution in [0.15, 0.2) is 41.3 Å².